The molecule has 1 aliphatic heterocycles. The Balaban J connectivity index is 1.51. The first-order valence-electron chi connectivity index (χ1n) is 7.67. The number of anilines is 1. The second kappa shape index (κ2) is 6.75. The molecule has 0 unspecified atom stereocenters. The second-order valence-corrected chi connectivity index (χ2v) is 7.51. The van der Waals surface area contributed by atoms with Crippen LogP contribution < -0.4 is 5.32 Å². The summed E-state index contributed by atoms with van der Waals surface area (Å²) in [6.45, 7) is 1.00. The summed E-state index contributed by atoms with van der Waals surface area (Å²) in [7, 11) is 0. The summed E-state index contributed by atoms with van der Waals surface area (Å²) in [5.41, 5.74) is 3.05. The minimum absolute atomic E-state index is 0.271. The fraction of sp³-hybridized carbons (Fsp3) is 0.111. The number of hydrogen-bond acceptors (Lipinski definition) is 3. The van der Waals surface area contributed by atoms with E-state index >= 15 is 0 Å². The number of amides is 1. The van der Waals surface area contributed by atoms with Crippen molar-refractivity contribution in [3.05, 3.63) is 64.3 Å². The van der Waals surface area contributed by atoms with Gasteiger partial charge in [-0.1, -0.05) is 47.1 Å². The molecule has 0 saturated heterocycles. The quantitative estimate of drug-likeness (QED) is 0.668. The molecule has 3 aromatic rings. The van der Waals surface area contributed by atoms with Crippen LogP contribution in [0.1, 0.15) is 10.4 Å². The summed E-state index contributed by atoms with van der Waals surface area (Å²) in [5, 5.41) is 4.72. The second-order valence-electron chi connectivity index (χ2n) is 5.61. The van der Waals surface area contributed by atoms with Gasteiger partial charge < -0.3 is 9.88 Å². The van der Waals surface area contributed by atoms with Crippen molar-refractivity contribution >= 4 is 46.6 Å². The first kappa shape index (κ1) is 16.5. The predicted octanol–water partition coefficient (Wildman–Crippen LogP) is 5.21. The van der Waals surface area contributed by atoms with E-state index in [4.69, 9.17) is 23.2 Å². The van der Waals surface area contributed by atoms with E-state index in [9.17, 15) is 4.79 Å². The molecule has 0 radical (unpaired) electrons. The van der Waals surface area contributed by atoms with Crippen molar-refractivity contribution in [3.8, 4) is 11.3 Å². The molecule has 0 fully saturated rings. The van der Waals surface area contributed by atoms with Gasteiger partial charge in [-0.2, -0.15) is 0 Å². The molecular weight excluding hydrogens is 377 g/mol. The van der Waals surface area contributed by atoms with Crippen LogP contribution in [0.5, 0.6) is 0 Å². The maximum Gasteiger partial charge on any atom is 0.257 e. The standard InChI is InChI=1S/C18H13Cl2N3OS/c19-12-3-6-14(15(20)9-12)17(24)21-13-4-1-11(2-5-13)16-10-23-7-8-25-18(23)22-16/h1-6,9-10H,7-8H2,(H,21,24). The number of nitrogens with one attached hydrogen (secondary N) is 1. The number of hydrogen-bond donors (Lipinski definition) is 1. The Morgan fingerprint density at radius 3 is 2.68 bits per heavy atom. The summed E-state index contributed by atoms with van der Waals surface area (Å²) in [4.78, 5) is 17.0. The van der Waals surface area contributed by atoms with E-state index in [0.717, 1.165) is 28.7 Å². The van der Waals surface area contributed by atoms with Gasteiger partial charge in [0.05, 0.1) is 16.3 Å². The van der Waals surface area contributed by atoms with Gasteiger partial charge in [0.2, 0.25) is 0 Å². The molecule has 7 heteroatoms. The summed E-state index contributed by atoms with van der Waals surface area (Å²) in [5.74, 6) is 0.813. The zero-order valence-electron chi connectivity index (χ0n) is 13.0. The van der Waals surface area contributed by atoms with Crippen molar-refractivity contribution in [1.29, 1.82) is 0 Å². The van der Waals surface area contributed by atoms with E-state index in [1.807, 2.05) is 24.3 Å². The van der Waals surface area contributed by atoms with Crippen LogP contribution >= 0.6 is 35.0 Å². The third kappa shape index (κ3) is 3.40. The Labute approximate surface area is 159 Å². The predicted molar refractivity (Wildman–Crippen MR) is 103 cm³/mol. The highest BCUT2D eigenvalue weighted by Gasteiger charge is 2.15. The molecule has 126 valence electrons. The molecule has 1 N–H and O–H groups in total. The van der Waals surface area contributed by atoms with Gasteiger partial charge in [-0.15, -0.1) is 0 Å². The Bertz CT molecular complexity index is 932. The summed E-state index contributed by atoms with van der Waals surface area (Å²) in [6.07, 6.45) is 2.07. The molecular formula is C18H13Cl2N3OS. The van der Waals surface area contributed by atoms with Crippen molar-refractivity contribution in [3.63, 3.8) is 0 Å². The van der Waals surface area contributed by atoms with Crippen molar-refractivity contribution < 1.29 is 4.79 Å². The molecule has 1 aromatic heterocycles. The van der Waals surface area contributed by atoms with Crippen LogP contribution in [0.15, 0.2) is 53.8 Å². The lowest BCUT2D eigenvalue weighted by Gasteiger charge is -2.07. The van der Waals surface area contributed by atoms with Crippen LogP contribution in [0.3, 0.4) is 0 Å². The number of rotatable bonds is 3. The van der Waals surface area contributed by atoms with Gasteiger partial charge in [0, 0.05) is 34.8 Å². The zero-order valence-corrected chi connectivity index (χ0v) is 15.3. The molecule has 2 aromatic carbocycles. The van der Waals surface area contributed by atoms with Crippen molar-refractivity contribution in [2.45, 2.75) is 11.7 Å². The average Bonchev–Trinajstić information content (AvgIpc) is 3.17. The Hall–Kier alpha value is -1.95. The van der Waals surface area contributed by atoms with Crippen LogP contribution in [-0.4, -0.2) is 21.2 Å². The molecule has 4 rings (SSSR count). The number of nitrogens with zero attached hydrogens (tertiary/aromatic N) is 2. The van der Waals surface area contributed by atoms with Crippen LogP contribution in [0.2, 0.25) is 10.0 Å². The molecule has 0 saturated carbocycles. The lowest BCUT2D eigenvalue weighted by molar-refractivity contribution is 0.102. The molecule has 0 spiro atoms. The largest absolute Gasteiger partial charge is 0.325 e. The summed E-state index contributed by atoms with van der Waals surface area (Å²) < 4.78 is 2.16. The Morgan fingerprint density at radius 1 is 1.16 bits per heavy atom. The van der Waals surface area contributed by atoms with Gasteiger partial charge in [0.25, 0.3) is 5.91 Å². The first-order valence-corrected chi connectivity index (χ1v) is 9.41. The number of aromatic nitrogens is 2. The molecule has 0 bridgehead atoms. The van der Waals surface area contributed by atoms with E-state index in [2.05, 4.69) is 21.1 Å². The van der Waals surface area contributed by atoms with Gasteiger partial charge in [0.1, 0.15) is 0 Å². The Morgan fingerprint density at radius 2 is 1.96 bits per heavy atom. The fourth-order valence-corrected chi connectivity index (χ4v) is 4.08. The van der Waals surface area contributed by atoms with E-state index in [1.54, 1.807) is 30.0 Å². The van der Waals surface area contributed by atoms with Gasteiger partial charge in [-0.25, -0.2) is 4.98 Å². The lowest BCUT2D eigenvalue weighted by atomic mass is 10.1. The minimum atomic E-state index is -0.271. The lowest BCUT2D eigenvalue weighted by Crippen LogP contribution is -2.12. The van der Waals surface area contributed by atoms with E-state index in [-0.39, 0.29) is 5.91 Å². The number of aryl methyl sites for hydroxylation is 1. The topological polar surface area (TPSA) is 46.9 Å². The number of benzene rings is 2. The molecule has 0 atom stereocenters. The molecule has 0 aliphatic carbocycles. The number of imidazole rings is 1. The van der Waals surface area contributed by atoms with Crippen molar-refractivity contribution in [2.75, 3.05) is 11.1 Å². The molecule has 25 heavy (non-hydrogen) atoms. The highest BCUT2D eigenvalue weighted by atomic mass is 35.5. The van der Waals surface area contributed by atoms with Crippen molar-refractivity contribution in [2.24, 2.45) is 0 Å². The van der Waals surface area contributed by atoms with Crippen LogP contribution in [0, 0.1) is 0 Å². The highest BCUT2D eigenvalue weighted by Crippen LogP contribution is 2.29. The fourth-order valence-electron chi connectivity index (χ4n) is 2.65. The smallest absolute Gasteiger partial charge is 0.257 e. The SMILES string of the molecule is O=C(Nc1ccc(-c2cn3c(n2)SCC3)cc1)c1ccc(Cl)cc1Cl. The zero-order chi connectivity index (χ0) is 17.4. The van der Waals surface area contributed by atoms with Crippen molar-refractivity contribution in [1.82, 2.24) is 9.55 Å². The minimum Gasteiger partial charge on any atom is -0.325 e. The molecule has 2 heterocycles. The third-order valence-corrected chi connectivity index (χ3v) is 5.44. The van der Waals surface area contributed by atoms with Gasteiger partial charge >= 0.3 is 0 Å². The van der Waals surface area contributed by atoms with Crippen LogP contribution in [-0.2, 0) is 6.54 Å². The number of carbonyl (C=O) groups is 1. The highest BCUT2D eigenvalue weighted by molar-refractivity contribution is 7.99. The third-order valence-electron chi connectivity index (χ3n) is 3.92. The van der Waals surface area contributed by atoms with E-state index < -0.39 is 0 Å². The van der Waals surface area contributed by atoms with E-state index in [0.29, 0.717) is 21.3 Å². The number of carbonyl (C=O) groups excluding carboxylic acids is 1. The molecule has 1 amide bonds. The van der Waals surface area contributed by atoms with Gasteiger partial charge in [0.15, 0.2) is 5.16 Å². The molecule has 1 aliphatic rings. The normalized spacial score (nSPS) is 12.9. The van der Waals surface area contributed by atoms with Crippen LogP contribution in [0.4, 0.5) is 5.69 Å². The van der Waals surface area contributed by atoms with Gasteiger partial charge in [-0.3, -0.25) is 4.79 Å². The Kier molecular flexibility index (Phi) is 4.46. The monoisotopic (exact) mass is 389 g/mol. The number of halogens is 2. The summed E-state index contributed by atoms with van der Waals surface area (Å²) in [6, 6.07) is 12.4. The maximum atomic E-state index is 12.3. The van der Waals surface area contributed by atoms with Crippen LogP contribution in [0.25, 0.3) is 11.3 Å². The van der Waals surface area contributed by atoms with Gasteiger partial charge in [-0.05, 0) is 30.3 Å². The number of thioether (sulfide) groups is 1. The first-order chi connectivity index (χ1) is 12.1. The average molecular weight is 390 g/mol. The summed E-state index contributed by atoms with van der Waals surface area (Å²) >= 11 is 13.7. The maximum absolute atomic E-state index is 12.3. The number of fused-ring (bicyclic) bond motifs is 1. The van der Waals surface area contributed by atoms with E-state index in [1.165, 1.54) is 0 Å². The molecule has 4 nitrogen and oxygen atoms in total.